The van der Waals surface area contributed by atoms with E-state index < -0.39 is 5.97 Å². The average Bonchev–Trinajstić information content (AvgIpc) is 2.71. The molecule has 144 valence electrons. The number of carbonyl (C=O) groups is 2. The second kappa shape index (κ2) is 10.9. The number of para-hydroxylation sites is 2. The van der Waals surface area contributed by atoms with Gasteiger partial charge in [0.05, 0.1) is 12.7 Å². The molecule has 2 aromatic carbocycles. The molecule has 0 aromatic heterocycles. The topological polar surface area (TPSA) is 76.7 Å². The third kappa shape index (κ3) is 6.33. The Bertz CT molecular complexity index is 761. The minimum atomic E-state index is -0.526. The van der Waals surface area contributed by atoms with Crippen LogP contribution in [0.2, 0.25) is 0 Å². The van der Waals surface area contributed by atoms with E-state index in [9.17, 15) is 9.59 Å². The zero-order chi connectivity index (χ0) is 19.5. The largest absolute Gasteiger partial charge is 0.496 e. The minimum Gasteiger partial charge on any atom is -0.496 e. The van der Waals surface area contributed by atoms with Crippen molar-refractivity contribution in [1.29, 1.82) is 0 Å². The first kappa shape index (κ1) is 20.3. The van der Waals surface area contributed by atoms with E-state index in [1.54, 1.807) is 19.2 Å². The summed E-state index contributed by atoms with van der Waals surface area (Å²) in [6, 6.07) is 14.5. The van der Waals surface area contributed by atoms with Crippen molar-refractivity contribution in [2.75, 3.05) is 25.6 Å². The number of amides is 1. The molecule has 0 saturated carbocycles. The van der Waals surface area contributed by atoms with Crippen LogP contribution in [0.15, 0.2) is 48.5 Å². The molecule has 1 amide bonds. The molecule has 0 fully saturated rings. The predicted octanol–water partition coefficient (Wildman–Crippen LogP) is 3.38. The molecule has 2 aromatic rings. The molecule has 0 saturated heterocycles. The van der Waals surface area contributed by atoms with E-state index in [0.717, 1.165) is 24.9 Å². The van der Waals surface area contributed by atoms with Gasteiger partial charge in [-0.05, 0) is 24.6 Å². The molecule has 6 heteroatoms. The molecule has 6 nitrogen and oxygen atoms in total. The predicted molar refractivity (Wildman–Crippen MR) is 105 cm³/mol. The van der Waals surface area contributed by atoms with Gasteiger partial charge in [-0.2, -0.15) is 0 Å². The number of rotatable bonds is 10. The van der Waals surface area contributed by atoms with Crippen LogP contribution >= 0.6 is 0 Å². The molecule has 0 aliphatic heterocycles. The zero-order valence-electron chi connectivity index (χ0n) is 15.8. The number of hydrogen-bond acceptors (Lipinski definition) is 5. The minimum absolute atomic E-state index is 0.301. The summed E-state index contributed by atoms with van der Waals surface area (Å²) >= 11 is 0. The van der Waals surface area contributed by atoms with Crippen molar-refractivity contribution in [3.8, 4) is 5.75 Å². The number of carbonyl (C=O) groups excluding carboxylic acids is 2. The van der Waals surface area contributed by atoms with Gasteiger partial charge < -0.3 is 20.1 Å². The molecule has 0 atom stereocenters. The van der Waals surface area contributed by atoms with Crippen LogP contribution in [0, 0.1) is 0 Å². The quantitative estimate of drug-likeness (QED) is 0.495. The molecular weight excluding hydrogens is 344 g/mol. The van der Waals surface area contributed by atoms with Crippen LogP contribution in [-0.2, 0) is 16.1 Å². The lowest BCUT2D eigenvalue weighted by atomic mass is 10.1. The summed E-state index contributed by atoms with van der Waals surface area (Å²) in [7, 11) is 1.58. The van der Waals surface area contributed by atoms with Gasteiger partial charge in [0.2, 0.25) is 0 Å². The fraction of sp³-hybridized carbons (Fsp3) is 0.333. The smallest absolute Gasteiger partial charge is 0.340 e. The van der Waals surface area contributed by atoms with Crippen molar-refractivity contribution in [1.82, 2.24) is 5.32 Å². The van der Waals surface area contributed by atoms with Gasteiger partial charge in [-0.25, -0.2) is 4.79 Å². The summed E-state index contributed by atoms with van der Waals surface area (Å²) < 4.78 is 10.4. The van der Waals surface area contributed by atoms with Gasteiger partial charge in [-0.1, -0.05) is 43.7 Å². The number of anilines is 1. The number of benzene rings is 2. The highest BCUT2D eigenvalue weighted by Crippen LogP contribution is 2.17. The molecule has 0 bridgehead atoms. The van der Waals surface area contributed by atoms with E-state index in [1.165, 1.54) is 0 Å². The van der Waals surface area contributed by atoms with Crippen molar-refractivity contribution < 1.29 is 19.1 Å². The Morgan fingerprint density at radius 2 is 1.78 bits per heavy atom. The number of ether oxygens (including phenoxy) is 2. The Kier molecular flexibility index (Phi) is 8.16. The van der Waals surface area contributed by atoms with Gasteiger partial charge in [-0.3, -0.25) is 4.79 Å². The molecule has 0 radical (unpaired) electrons. The number of hydrogen-bond donors (Lipinski definition) is 2. The van der Waals surface area contributed by atoms with E-state index in [-0.39, 0.29) is 12.5 Å². The molecule has 0 unspecified atom stereocenters. The van der Waals surface area contributed by atoms with Gasteiger partial charge in [0.25, 0.3) is 5.91 Å². The van der Waals surface area contributed by atoms with Crippen LogP contribution in [0.1, 0.15) is 35.7 Å². The van der Waals surface area contributed by atoms with Crippen molar-refractivity contribution in [2.45, 2.75) is 26.3 Å². The Hall–Kier alpha value is -3.02. The second-order valence-corrected chi connectivity index (χ2v) is 5.99. The maximum Gasteiger partial charge on any atom is 0.340 e. The molecule has 2 N–H and O–H groups in total. The van der Waals surface area contributed by atoms with Gasteiger partial charge in [0.1, 0.15) is 5.75 Å². The van der Waals surface area contributed by atoms with E-state index in [0.29, 0.717) is 23.5 Å². The fourth-order valence-electron chi connectivity index (χ4n) is 2.52. The van der Waals surface area contributed by atoms with Gasteiger partial charge in [0.15, 0.2) is 6.61 Å². The lowest BCUT2D eigenvalue weighted by Crippen LogP contribution is -2.28. The lowest BCUT2D eigenvalue weighted by molar-refractivity contribution is -0.124. The van der Waals surface area contributed by atoms with E-state index in [4.69, 9.17) is 9.47 Å². The maximum atomic E-state index is 12.3. The highest BCUT2D eigenvalue weighted by atomic mass is 16.5. The Morgan fingerprint density at radius 3 is 2.56 bits per heavy atom. The van der Waals surface area contributed by atoms with Crippen molar-refractivity contribution in [2.24, 2.45) is 0 Å². The summed E-state index contributed by atoms with van der Waals surface area (Å²) in [4.78, 5) is 24.3. The molecular formula is C21H26N2O4. The Morgan fingerprint density at radius 1 is 1.04 bits per heavy atom. The zero-order valence-corrected chi connectivity index (χ0v) is 15.8. The summed E-state index contributed by atoms with van der Waals surface area (Å²) in [5.74, 6) is -0.199. The van der Waals surface area contributed by atoms with Crippen molar-refractivity contribution >= 4 is 17.6 Å². The summed E-state index contributed by atoms with van der Waals surface area (Å²) in [6.07, 6.45) is 2.07. The molecule has 0 spiro atoms. The van der Waals surface area contributed by atoms with Crippen LogP contribution in [-0.4, -0.2) is 32.1 Å². The van der Waals surface area contributed by atoms with Gasteiger partial charge >= 0.3 is 5.97 Å². The van der Waals surface area contributed by atoms with E-state index >= 15 is 0 Å². The fourth-order valence-corrected chi connectivity index (χ4v) is 2.52. The molecule has 0 aliphatic rings. The SMILES string of the molecule is CCCCNc1ccccc1C(=O)OCC(=O)NCc1ccccc1OC. The monoisotopic (exact) mass is 370 g/mol. The maximum absolute atomic E-state index is 12.3. The third-order valence-corrected chi connectivity index (χ3v) is 4.00. The lowest BCUT2D eigenvalue weighted by Gasteiger charge is -2.12. The van der Waals surface area contributed by atoms with Crippen LogP contribution < -0.4 is 15.4 Å². The van der Waals surface area contributed by atoms with Crippen molar-refractivity contribution in [3.05, 3.63) is 59.7 Å². The van der Waals surface area contributed by atoms with Crippen LogP contribution in [0.4, 0.5) is 5.69 Å². The highest BCUT2D eigenvalue weighted by Gasteiger charge is 2.14. The van der Waals surface area contributed by atoms with Gasteiger partial charge in [-0.15, -0.1) is 0 Å². The first-order chi connectivity index (χ1) is 13.2. The van der Waals surface area contributed by atoms with Crippen LogP contribution in [0.25, 0.3) is 0 Å². The number of nitrogens with one attached hydrogen (secondary N) is 2. The van der Waals surface area contributed by atoms with Crippen molar-refractivity contribution in [3.63, 3.8) is 0 Å². The second-order valence-electron chi connectivity index (χ2n) is 5.99. The highest BCUT2D eigenvalue weighted by molar-refractivity contribution is 5.96. The van der Waals surface area contributed by atoms with E-state index in [1.807, 2.05) is 36.4 Å². The summed E-state index contributed by atoms with van der Waals surface area (Å²) in [6.45, 7) is 2.85. The van der Waals surface area contributed by atoms with Crippen LogP contribution in [0.5, 0.6) is 5.75 Å². The van der Waals surface area contributed by atoms with Crippen LogP contribution in [0.3, 0.4) is 0 Å². The first-order valence-corrected chi connectivity index (χ1v) is 9.04. The number of methoxy groups -OCH3 is 1. The normalized spacial score (nSPS) is 10.1. The van der Waals surface area contributed by atoms with Gasteiger partial charge in [0, 0.05) is 24.3 Å². The average molecular weight is 370 g/mol. The summed E-state index contributed by atoms with van der Waals surface area (Å²) in [5, 5.41) is 5.95. The molecule has 0 heterocycles. The number of unbranched alkanes of at least 4 members (excludes halogenated alkanes) is 1. The standard InChI is InChI=1S/C21H26N2O4/c1-3-4-13-22-18-11-7-6-10-17(18)21(25)27-15-20(24)23-14-16-9-5-8-12-19(16)26-2/h5-12,22H,3-4,13-15H2,1-2H3,(H,23,24). The Labute approximate surface area is 159 Å². The first-order valence-electron chi connectivity index (χ1n) is 9.04. The molecule has 2 rings (SSSR count). The van der Waals surface area contributed by atoms with E-state index in [2.05, 4.69) is 17.6 Å². The molecule has 0 aliphatic carbocycles. The Balaban J connectivity index is 1.85. The molecule has 27 heavy (non-hydrogen) atoms. The number of esters is 1. The summed E-state index contributed by atoms with van der Waals surface area (Å²) in [5.41, 5.74) is 1.99. The third-order valence-electron chi connectivity index (χ3n) is 4.00.